The Morgan fingerprint density at radius 1 is 1.00 bits per heavy atom. The third-order valence-corrected chi connectivity index (χ3v) is 2.61. The van der Waals surface area contributed by atoms with Gasteiger partial charge >= 0.3 is 0 Å². The Hall–Kier alpha value is -0.0800. The molecule has 2 nitrogen and oxygen atoms in total. The van der Waals surface area contributed by atoms with Gasteiger partial charge in [0.05, 0.1) is 6.61 Å². The standard InChI is InChI=1S/C11H23NO/c1-10(2,3)8-7-13-9(12-8)11(4,5)6/h8-9,12H,7H2,1-6H3/t8-,9-/m1/s1. The van der Waals surface area contributed by atoms with E-state index in [2.05, 4.69) is 46.9 Å². The van der Waals surface area contributed by atoms with Gasteiger partial charge in [-0.1, -0.05) is 41.5 Å². The van der Waals surface area contributed by atoms with Crippen LogP contribution in [-0.2, 0) is 4.74 Å². The summed E-state index contributed by atoms with van der Waals surface area (Å²) in [5.74, 6) is 0. The van der Waals surface area contributed by atoms with Gasteiger partial charge in [0.15, 0.2) is 0 Å². The highest BCUT2D eigenvalue weighted by molar-refractivity contribution is 4.89. The molecule has 78 valence electrons. The molecule has 0 aromatic heterocycles. The maximum Gasteiger partial charge on any atom is 0.113 e. The Bertz CT molecular complexity index is 156. The molecule has 1 N–H and O–H groups in total. The van der Waals surface area contributed by atoms with E-state index in [1.165, 1.54) is 0 Å². The average Bonchev–Trinajstić information content (AvgIpc) is 2.28. The molecule has 13 heavy (non-hydrogen) atoms. The van der Waals surface area contributed by atoms with Crippen LogP contribution in [0.5, 0.6) is 0 Å². The third kappa shape index (κ3) is 2.68. The number of nitrogens with one attached hydrogen (secondary N) is 1. The van der Waals surface area contributed by atoms with E-state index in [0.717, 1.165) is 6.61 Å². The highest BCUT2D eigenvalue weighted by Gasteiger charge is 2.38. The highest BCUT2D eigenvalue weighted by Crippen LogP contribution is 2.30. The van der Waals surface area contributed by atoms with Crippen molar-refractivity contribution in [1.82, 2.24) is 5.32 Å². The van der Waals surface area contributed by atoms with Gasteiger partial charge in [0.1, 0.15) is 6.23 Å². The van der Waals surface area contributed by atoms with Crippen LogP contribution in [0.4, 0.5) is 0 Å². The van der Waals surface area contributed by atoms with Crippen LogP contribution in [0.1, 0.15) is 41.5 Å². The van der Waals surface area contributed by atoms with Crippen LogP contribution in [-0.4, -0.2) is 18.9 Å². The minimum atomic E-state index is 0.194. The van der Waals surface area contributed by atoms with Crippen molar-refractivity contribution in [1.29, 1.82) is 0 Å². The van der Waals surface area contributed by atoms with Crippen LogP contribution in [0.2, 0.25) is 0 Å². The summed E-state index contributed by atoms with van der Waals surface area (Å²) in [5, 5.41) is 3.55. The summed E-state index contributed by atoms with van der Waals surface area (Å²) in [7, 11) is 0. The minimum Gasteiger partial charge on any atom is -0.361 e. The molecule has 1 aliphatic heterocycles. The summed E-state index contributed by atoms with van der Waals surface area (Å²) in [6.45, 7) is 14.2. The van der Waals surface area contributed by atoms with Crippen LogP contribution < -0.4 is 5.32 Å². The second-order valence-corrected chi connectivity index (χ2v) is 6.16. The zero-order valence-electron chi connectivity index (χ0n) is 9.77. The van der Waals surface area contributed by atoms with Crippen molar-refractivity contribution in [2.45, 2.75) is 53.8 Å². The molecule has 0 unspecified atom stereocenters. The molecule has 0 bridgehead atoms. The third-order valence-electron chi connectivity index (χ3n) is 2.61. The van der Waals surface area contributed by atoms with Crippen molar-refractivity contribution in [2.75, 3.05) is 6.61 Å². The molecule has 1 heterocycles. The number of rotatable bonds is 0. The molecule has 0 aromatic carbocycles. The van der Waals surface area contributed by atoms with E-state index in [1.807, 2.05) is 0 Å². The largest absolute Gasteiger partial charge is 0.361 e. The molecule has 1 saturated heterocycles. The van der Waals surface area contributed by atoms with Crippen LogP contribution >= 0.6 is 0 Å². The summed E-state index contributed by atoms with van der Waals surface area (Å²) < 4.78 is 5.75. The van der Waals surface area contributed by atoms with Crippen molar-refractivity contribution in [2.24, 2.45) is 10.8 Å². The lowest BCUT2D eigenvalue weighted by Crippen LogP contribution is -2.44. The predicted molar refractivity (Wildman–Crippen MR) is 55.6 cm³/mol. The molecule has 1 fully saturated rings. The van der Waals surface area contributed by atoms with Crippen molar-refractivity contribution in [3.05, 3.63) is 0 Å². The molecular formula is C11H23NO. The van der Waals surface area contributed by atoms with Gasteiger partial charge < -0.3 is 4.74 Å². The maximum absolute atomic E-state index is 5.75. The first-order valence-electron chi connectivity index (χ1n) is 5.09. The van der Waals surface area contributed by atoms with E-state index in [1.54, 1.807) is 0 Å². The minimum absolute atomic E-state index is 0.194. The number of ether oxygens (including phenoxy) is 1. The second kappa shape index (κ2) is 3.25. The Balaban J connectivity index is 2.55. The van der Waals surface area contributed by atoms with E-state index < -0.39 is 0 Å². The van der Waals surface area contributed by atoms with Crippen molar-refractivity contribution in [3.63, 3.8) is 0 Å². The summed E-state index contributed by atoms with van der Waals surface area (Å²) >= 11 is 0. The first-order valence-corrected chi connectivity index (χ1v) is 5.09. The molecule has 0 radical (unpaired) electrons. The zero-order valence-corrected chi connectivity index (χ0v) is 9.77. The van der Waals surface area contributed by atoms with Crippen LogP contribution in [0.15, 0.2) is 0 Å². The Kier molecular flexibility index (Phi) is 2.75. The second-order valence-electron chi connectivity index (χ2n) is 6.16. The monoisotopic (exact) mass is 185 g/mol. The molecule has 2 atom stereocenters. The maximum atomic E-state index is 5.75. The summed E-state index contributed by atoms with van der Waals surface area (Å²) in [4.78, 5) is 0. The first kappa shape index (κ1) is 11.0. The fraction of sp³-hybridized carbons (Fsp3) is 1.00. The van der Waals surface area contributed by atoms with Gasteiger partial charge in [-0.25, -0.2) is 0 Å². The van der Waals surface area contributed by atoms with E-state index in [4.69, 9.17) is 4.74 Å². The lowest BCUT2D eigenvalue weighted by Gasteiger charge is -2.30. The summed E-state index contributed by atoms with van der Waals surface area (Å²) in [6.07, 6.45) is 0.205. The van der Waals surface area contributed by atoms with E-state index >= 15 is 0 Å². The topological polar surface area (TPSA) is 21.3 Å². The van der Waals surface area contributed by atoms with Crippen molar-refractivity contribution >= 4 is 0 Å². The lowest BCUT2D eigenvalue weighted by molar-refractivity contribution is 0.0170. The quantitative estimate of drug-likeness (QED) is 0.625. The van der Waals surface area contributed by atoms with Crippen molar-refractivity contribution in [3.8, 4) is 0 Å². The Morgan fingerprint density at radius 3 is 1.77 bits per heavy atom. The molecule has 1 rings (SSSR count). The predicted octanol–water partition coefficient (Wildman–Crippen LogP) is 2.39. The number of hydrogen-bond acceptors (Lipinski definition) is 2. The van der Waals surface area contributed by atoms with Gasteiger partial charge in [-0.15, -0.1) is 0 Å². The molecule has 2 heteroatoms. The zero-order chi connectivity index (χ0) is 10.3. The Labute approximate surface area is 82.0 Å². The SMILES string of the molecule is CC(C)(C)[C@@H]1N[C@@H](C(C)(C)C)CO1. The molecule has 0 amide bonds. The van der Waals surface area contributed by atoms with Gasteiger partial charge in [0.2, 0.25) is 0 Å². The van der Waals surface area contributed by atoms with E-state index in [9.17, 15) is 0 Å². The van der Waals surface area contributed by atoms with Crippen LogP contribution in [0, 0.1) is 10.8 Å². The first-order chi connectivity index (χ1) is 5.71. The summed E-state index contributed by atoms with van der Waals surface area (Å²) in [5.41, 5.74) is 0.486. The van der Waals surface area contributed by atoms with Crippen molar-refractivity contribution < 1.29 is 4.74 Å². The fourth-order valence-electron chi connectivity index (χ4n) is 1.47. The van der Waals surface area contributed by atoms with Gasteiger partial charge in [-0.05, 0) is 5.41 Å². The molecule has 0 aliphatic carbocycles. The average molecular weight is 185 g/mol. The molecule has 0 spiro atoms. The fourth-order valence-corrected chi connectivity index (χ4v) is 1.47. The molecular weight excluding hydrogens is 162 g/mol. The Morgan fingerprint density at radius 2 is 1.54 bits per heavy atom. The molecule has 1 aliphatic rings. The van der Waals surface area contributed by atoms with E-state index in [0.29, 0.717) is 11.5 Å². The van der Waals surface area contributed by atoms with Crippen LogP contribution in [0.3, 0.4) is 0 Å². The van der Waals surface area contributed by atoms with E-state index in [-0.39, 0.29) is 11.6 Å². The van der Waals surface area contributed by atoms with Gasteiger partial charge in [0.25, 0.3) is 0 Å². The number of hydrogen-bond donors (Lipinski definition) is 1. The lowest BCUT2D eigenvalue weighted by atomic mass is 9.87. The smallest absolute Gasteiger partial charge is 0.113 e. The van der Waals surface area contributed by atoms with Gasteiger partial charge in [-0.2, -0.15) is 0 Å². The van der Waals surface area contributed by atoms with Gasteiger partial charge in [-0.3, -0.25) is 5.32 Å². The highest BCUT2D eigenvalue weighted by atomic mass is 16.5. The molecule has 0 saturated carbocycles. The summed E-state index contributed by atoms with van der Waals surface area (Å²) in [6, 6.07) is 0.483. The molecule has 0 aromatic rings. The van der Waals surface area contributed by atoms with Gasteiger partial charge in [0, 0.05) is 11.5 Å². The normalized spacial score (nSPS) is 30.9. The van der Waals surface area contributed by atoms with Crippen LogP contribution in [0.25, 0.3) is 0 Å².